The fourth-order valence-corrected chi connectivity index (χ4v) is 1.80. The summed E-state index contributed by atoms with van der Waals surface area (Å²) in [6.45, 7) is 3.26. The number of primary amides is 1. The van der Waals surface area contributed by atoms with Crippen molar-refractivity contribution in [1.29, 1.82) is 0 Å². The first-order valence-electron chi connectivity index (χ1n) is 6.80. The van der Waals surface area contributed by atoms with Crippen molar-refractivity contribution in [1.82, 2.24) is 5.32 Å². The molecule has 0 aliphatic rings. The maximum Gasteiger partial charge on any atom is 0.240 e. The molecule has 1 aromatic carbocycles. The summed E-state index contributed by atoms with van der Waals surface area (Å²) >= 11 is 0. The lowest BCUT2D eigenvalue weighted by Crippen LogP contribution is -2.51. The molecular formula is C15H21N3O3. The molecule has 0 saturated carbocycles. The SMILES string of the molecule is CC[C@@H](N)C(=O)N[C@@H](Cc1ccc(C(C)=O)cc1)C(N)=O. The number of carbonyl (C=O) groups is 3. The first-order chi connectivity index (χ1) is 9.85. The predicted molar refractivity (Wildman–Crippen MR) is 79.5 cm³/mol. The largest absolute Gasteiger partial charge is 0.368 e. The van der Waals surface area contributed by atoms with Gasteiger partial charge >= 0.3 is 0 Å². The van der Waals surface area contributed by atoms with Crippen LogP contribution in [0.25, 0.3) is 0 Å². The molecular weight excluding hydrogens is 270 g/mol. The Morgan fingerprint density at radius 1 is 1.19 bits per heavy atom. The van der Waals surface area contributed by atoms with Crippen molar-refractivity contribution >= 4 is 17.6 Å². The van der Waals surface area contributed by atoms with Crippen molar-refractivity contribution < 1.29 is 14.4 Å². The van der Waals surface area contributed by atoms with Crippen LogP contribution in [0.5, 0.6) is 0 Å². The van der Waals surface area contributed by atoms with Gasteiger partial charge in [-0.15, -0.1) is 0 Å². The normalized spacial score (nSPS) is 13.3. The number of nitrogens with two attached hydrogens (primary N) is 2. The van der Waals surface area contributed by atoms with Crippen LogP contribution in [-0.2, 0) is 16.0 Å². The van der Waals surface area contributed by atoms with Crippen molar-refractivity contribution in [3.05, 3.63) is 35.4 Å². The maximum absolute atomic E-state index is 11.7. The Morgan fingerprint density at radius 3 is 2.19 bits per heavy atom. The molecule has 6 heteroatoms. The van der Waals surface area contributed by atoms with Gasteiger partial charge in [0.05, 0.1) is 6.04 Å². The molecule has 0 unspecified atom stereocenters. The van der Waals surface area contributed by atoms with E-state index in [1.165, 1.54) is 6.92 Å². The molecule has 21 heavy (non-hydrogen) atoms. The van der Waals surface area contributed by atoms with Crippen molar-refractivity contribution in [3.8, 4) is 0 Å². The third-order valence-corrected chi connectivity index (χ3v) is 3.24. The van der Waals surface area contributed by atoms with Gasteiger partial charge in [-0.1, -0.05) is 31.2 Å². The number of ketones is 1. The maximum atomic E-state index is 11.7. The quantitative estimate of drug-likeness (QED) is 0.620. The molecule has 0 heterocycles. The molecule has 0 aromatic heterocycles. The van der Waals surface area contributed by atoms with Gasteiger partial charge in [0.15, 0.2) is 5.78 Å². The minimum Gasteiger partial charge on any atom is -0.368 e. The van der Waals surface area contributed by atoms with E-state index in [0.717, 1.165) is 5.56 Å². The molecule has 1 aromatic rings. The Bertz CT molecular complexity index is 525. The number of Topliss-reactive ketones (excluding diaryl/α,β-unsaturated/α-hetero) is 1. The number of hydrogen-bond donors (Lipinski definition) is 3. The smallest absolute Gasteiger partial charge is 0.240 e. The lowest BCUT2D eigenvalue weighted by atomic mass is 10.0. The Kier molecular flexibility index (Phi) is 6.05. The Hall–Kier alpha value is -2.21. The molecule has 0 saturated heterocycles. The summed E-state index contributed by atoms with van der Waals surface area (Å²) in [5, 5.41) is 2.55. The van der Waals surface area contributed by atoms with Crippen molar-refractivity contribution in [2.75, 3.05) is 0 Å². The minimum atomic E-state index is -0.821. The lowest BCUT2D eigenvalue weighted by Gasteiger charge is -2.18. The third kappa shape index (κ3) is 5.00. The van der Waals surface area contributed by atoms with Gasteiger partial charge < -0.3 is 16.8 Å². The van der Waals surface area contributed by atoms with E-state index >= 15 is 0 Å². The van der Waals surface area contributed by atoms with Gasteiger partial charge in [-0.05, 0) is 18.9 Å². The van der Waals surface area contributed by atoms with Crippen molar-refractivity contribution in [3.63, 3.8) is 0 Å². The Balaban J connectivity index is 2.77. The highest BCUT2D eigenvalue weighted by molar-refractivity contribution is 5.94. The van der Waals surface area contributed by atoms with Gasteiger partial charge in [0.25, 0.3) is 0 Å². The Labute approximate surface area is 123 Å². The molecule has 6 nitrogen and oxygen atoms in total. The first-order valence-corrected chi connectivity index (χ1v) is 6.80. The summed E-state index contributed by atoms with van der Waals surface area (Å²) in [4.78, 5) is 34.4. The van der Waals surface area contributed by atoms with Gasteiger partial charge in [-0.2, -0.15) is 0 Å². The van der Waals surface area contributed by atoms with Crippen LogP contribution in [0.1, 0.15) is 36.2 Å². The van der Waals surface area contributed by atoms with Gasteiger partial charge in [-0.25, -0.2) is 0 Å². The number of benzene rings is 1. The van der Waals surface area contributed by atoms with Gasteiger partial charge in [0, 0.05) is 12.0 Å². The van der Waals surface area contributed by atoms with E-state index < -0.39 is 23.9 Å². The van der Waals surface area contributed by atoms with Crippen LogP contribution in [0.4, 0.5) is 0 Å². The first kappa shape index (κ1) is 16.8. The van der Waals surface area contributed by atoms with E-state index in [0.29, 0.717) is 12.0 Å². The van der Waals surface area contributed by atoms with Crippen LogP contribution in [-0.4, -0.2) is 29.7 Å². The second-order valence-electron chi connectivity index (χ2n) is 4.94. The van der Waals surface area contributed by atoms with Crippen LogP contribution in [0.3, 0.4) is 0 Å². The van der Waals surface area contributed by atoms with Gasteiger partial charge in [0.2, 0.25) is 11.8 Å². The predicted octanol–water partition coefficient (Wildman–Crippen LogP) is 0.139. The van der Waals surface area contributed by atoms with Crippen LogP contribution in [0.15, 0.2) is 24.3 Å². The average molecular weight is 291 g/mol. The summed E-state index contributed by atoms with van der Waals surface area (Å²) in [6, 6.07) is 5.34. The topological polar surface area (TPSA) is 115 Å². The van der Waals surface area contributed by atoms with Gasteiger partial charge in [-0.3, -0.25) is 14.4 Å². The molecule has 0 radical (unpaired) electrons. The number of hydrogen-bond acceptors (Lipinski definition) is 4. The second kappa shape index (κ2) is 7.54. The zero-order valence-electron chi connectivity index (χ0n) is 12.3. The fraction of sp³-hybridized carbons (Fsp3) is 0.400. The number of rotatable bonds is 7. The summed E-state index contributed by atoms with van der Waals surface area (Å²) < 4.78 is 0. The second-order valence-corrected chi connectivity index (χ2v) is 4.94. The standard InChI is InChI=1S/C15H21N3O3/c1-3-12(16)15(21)18-13(14(17)20)8-10-4-6-11(7-5-10)9(2)19/h4-7,12-13H,3,8,16H2,1-2H3,(H2,17,20)(H,18,21)/t12-,13+/m1/s1. The molecule has 0 fully saturated rings. The average Bonchev–Trinajstić information content (AvgIpc) is 2.45. The number of amides is 2. The van der Waals surface area contributed by atoms with E-state index in [1.807, 2.05) is 0 Å². The molecule has 0 aliphatic heterocycles. The number of carbonyl (C=O) groups excluding carboxylic acids is 3. The molecule has 2 amide bonds. The van der Waals surface area contributed by atoms with Crippen LogP contribution in [0, 0.1) is 0 Å². The zero-order valence-corrected chi connectivity index (χ0v) is 12.3. The number of nitrogens with one attached hydrogen (secondary N) is 1. The zero-order chi connectivity index (χ0) is 16.0. The van der Waals surface area contributed by atoms with Crippen LogP contribution < -0.4 is 16.8 Å². The molecule has 5 N–H and O–H groups in total. The molecule has 0 bridgehead atoms. The molecule has 0 aliphatic carbocycles. The summed E-state index contributed by atoms with van der Waals surface area (Å²) in [6.07, 6.45) is 0.736. The van der Waals surface area contributed by atoms with E-state index in [9.17, 15) is 14.4 Å². The Morgan fingerprint density at radius 2 is 1.76 bits per heavy atom. The van der Waals surface area contributed by atoms with Crippen LogP contribution >= 0.6 is 0 Å². The van der Waals surface area contributed by atoms with E-state index in [1.54, 1.807) is 31.2 Å². The van der Waals surface area contributed by atoms with Crippen LogP contribution in [0.2, 0.25) is 0 Å². The lowest BCUT2D eigenvalue weighted by molar-refractivity contribution is -0.128. The fourth-order valence-electron chi connectivity index (χ4n) is 1.80. The van der Waals surface area contributed by atoms with Gasteiger partial charge in [0.1, 0.15) is 6.04 Å². The van der Waals surface area contributed by atoms with E-state index in [4.69, 9.17) is 11.5 Å². The highest BCUT2D eigenvalue weighted by Crippen LogP contribution is 2.08. The molecule has 0 spiro atoms. The molecule has 114 valence electrons. The highest BCUT2D eigenvalue weighted by atomic mass is 16.2. The van der Waals surface area contributed by atoms with E-state index in [-0.39, 0.29) is 12.2 Å². The van der Waals surface area contributed by atoms with E-state index in [2.05, 4.69) is 5.32 Å². The monoisotopic (exact) mass is 291 g/mol. The highest BCUT2D eigenvalue weighted by Gasteiger charge is 2.21. The summed E-state index contributed by atoms with van der Waals surface area (Å²) in [5.41, 5.74) is 12.3. The van der Waals surface area contributed by atoms with Crippen molar-refractivity contribution in [2.45, 2.75) is 38.8 Å². The third-order valence-electron chi connectivity index (χ3n) is 3.24. The summed E-state index contributed by atoms with van der Waals surface area (Å²) in [5.74, 6) is -1.06. The molecule has 1 rings (SSSR count). The minimum absolute atomic E-state index is 0.0322. The van der Waals surface area contributed by atoms with Crippen molar-refractivity contribution in [2.24, 2.45) is 11.5 Å². The molecule has 2 atom stereocenters. The summed E-state index contributed by atoms with van der Waals surface area (Å²) in [7, 11) is 0.